The maximum absolute atomic E-state index is 13.7. The summed E-state index contributed by atoms with van der Waals surface area (Å²) in [6.45, 7) is 1.36. The molecule has 5 rings (SSSR count). The fourth-order valence-corrected chi connectivity index (χ4v) is 6.11. The number of methoxy groups -OCH3 is 1. The lowest BCUT2D eigenvalue weighted by molar-refractivity contribution is -0.221. The number of carbonyl (C=O) groups excluding carboxylic acids is 3. The molecule has 2 aromatic carbocycles. The van der Waals surface area contributed by atoms with Crippen molar-refractivity contribution in [2.24, 2.45) is 11.7 Å². The predicted molar refractivity (Wildman–Crippen MR) is 143 cm³/mol. The van der Waals surface area contributed by atoms with Crippen molar-refractivity contribution >= 4 is 17.3 Å². The number of benzene rings is 2. The highest BCUT2D eigenvalue weighted by molar-refractivity contribution is 6.31. The zero-order chi connectivity index (χ0) is 29.6. The summed E-state index contributed by atoms with van der Waals surface area (Å²) >= 11 is 0. The van der Waals surface area contributed by atoms with E-state index in [1.54, 1.807) is 13.0 Å². The van der Waals surface area contributed by atoms with Gasteiger partial charge in [0.1, 0.15) is 23.9 Å². The molecule has 0 bridgehead atoms. The molecule has 6 unspecified atom stereocenters. The van der Waals surface area contributed by atoms with Crippen LogP contribution in [0.15, 0.2) is 18.2 Å². The summed E-state index contributed by atoms with van der Waals surface area (Å²) in [6, 6.07) is 3.31. The number of nitrogens with two attached hydrogens (primary N) is 1. The highest BCUT2D eigenvalue weighted by atomic mass is 16.7. The lowest BCUT2D eigenvalue weighted by atomic mass is 9.73. The van der Waals surface area contributed by atoms with Gasteiger partial charge in [-0.05, 0) is 25.8 Å². The second kappa shape index (κ2) is 11.5. The molecule has 3 aliphatic rings. The molecule has 41 heavy (non-hydrogen) atoms. The molecule has 0 aromatic heterocycles. The molecule has 0 spiro atoms. The third-order valence-electron chi connectivity index (χ3n) is 8.24. The smallest absolute Gasteiger partial charge is 0.202 e. The number of Topliss-reactive ketones (excluding diaryl/α,β-unsaturated/α-hetero) is 1. The Balaban J connectivity index is 1.47. The first-order valence-corrected chi connectivity index (χ1v) is 13.5. The molecule has 0 amide bonds. The van der Waals surface area contributed by atoms with Gasteiger partial charge >= 0.3 is 0 Å². The minimum Gasteiger partial charge on any atom is -0.507 e. The van der Waals surface area contributed by atoms with Gasteiger partial charge in [0.25, 0.3) is 0 Å². The van der Waals surface area contributed by atoms with E-state index in [2.05, 4.69) is 5.32 Å². The summed E-state index contributed by atoms with van der Waals surface area (Å²) in [5.41, 5.74) is 5.70. The van der Waals surface area contributed by atoms with Gasteiger partial charge in [-0.15, -0.1) is 0 Å². The van der Waals surface area contributed by atoms with Gasteiger partial charge in [-0.25, -0.2) is 0 Å². The molecule has 220 valence electrons. The molecule has 0 radical (unpaired) electrons. The molecule has 7 N–H and O–H groups in total. The monoisotopic (exact) mass is 570 g/mol. The van der Waals surface area contributed by atoms with Gasteiger partial charge in [-0.2, -0.15) is 0 Å². The van der Waals surface area contributed by atoms with E-state index in [0.717, 1.165) is 0 Å². The average molecular weight is 571 g/mol. The van der Waals surface area contributed by atoms with Crippen molar-refractivity contribution in [2.45, 2.75) is 56.8 Å². The molecule has 1 saturated heterocycles. The summed E-state index contributed by atoms with van der Waals surface area (Å²) in [7, 11) is 1.36. The summed E-state index contributed by atoms with van der Waals surface area (Å²) in [4.78, 5) is 39.7. The Bertz CT molecular complexity index is 1380. The third-order valence-corrected chi connectivity index (χ3v) is 8.24. The van der Waals surface area contributed by atoms with Crippen LogP contribution in [0.25, 0.3) is 0 Å². The van der Waals surface area contributed by atoms with Crippen molar-refractivity contribution in [3.63, 3.8) is 0 Å². The first-order chi connectivity index (χ1) is 19.6. The highest BCUT2D eigenvalue weighted by Crippen LogP contribution is 2.50. The number of carbonyl (C=O) groups is 3. The molecule has 0 saturated carbocycles. The van der Waals surface area contributed by atoms with E-state index in [0.29, 0.717) is 6.42 Å². The van der Waals surface area contributed by atoms with Crippen LogP contribution in [0.5, 0.6) is 17.2 Å². The maximum Gasteiger partial charge on any atom is 0.202 e. The van der Waals surface area contributed by atoms with Crippen molar-refractivity contribution < 1.29 is 49.0 Å². The molecule has 6 atom stereocenters. The van der Waals surface area contributed by atoms with Gasteiger partial charge in [0.05, 0.1) is 42.6 Å². The van der Waals surface area contributed by atoms with Crippen LogP contribution >= 0.6 is 0 Å². The molecular weight excluding hydrogens is 536 g/mol. The minimum absolute atomic E-state index is 0.00533. The van der Waals surface area contributed by atoms with Gasteiger partial charge in [0.15, 0.2) is 17.9 Å². The first kappa shape index (κ1) is 29.1. The van der Waals surface area contributed by atoms with E-state index in [-0.39, 0.29) is 65.1 Å². The Morgan fingerprint density at radius 3 is 2.54 bits per heavy atom. The van der Waals surface area contributed by atoms with Gasteiger partial charge in [-0.3, -0.25) is 14.4 Å². The maximum atomic E-state index is 13.7. The summed E-state index contributed by atoms with van der Waals surface area (Å²) in [6.07, 6.45) is -1.49. The standard InChI is InChI=1S/C29H34N2O10/c1-12-25(34)16(30)10-20(41-12)40-7-6-31-17-9-13(18(33)11-32)8-15-21(17)28(37)24-23(27(15)36)26(35)14-4-3-5-19(39-2)22(14)29(24)38/h3-5,12-13,16-17,20,25,31-32,34,36-37H,6-11,30H2,1-2H3. The first-order valence-electron chi connectivity index (χ1n) is 13.5. The van der Waals surface area contributed by atoms with Gasteiger partial charge in [0, 0.05) is 47.7 Å². The number of rotatable bonds is 8. The molecular formula is C29H34N2O10. The van der Waals surface area contributed by atoms with Crippen LogP contribution < -0.4 is 15.8 Å². The zero-order valence-corrected chi connectivity index (χ0v) is 22.8. The number of aromatic hydroxyl groups is 2. The SMILES string of the molecule is COc1cccc2c1C(=O)c1c(O)c3c(c(O)c1C2=O)CC(C(=O)CO)CC3NCCOC1CC(N)C(O)C(C)O1. The van der Waals surface area contributed by atoms with Gasteiger partial charge in [-0.1, -0.05) is 12.1 Å². The highest BCUT2D eigenvalue weighted by Gasteiger charge is 2.43. The Kier molecular flexibility index (Phi) is 8.15. The number of phenols is 2. The molecule has 1 heterocycles. The van der Waals surface area contributed by atoms with E-state index in [1.165, 1.54) is 19.2 Å². The Morgan fingerprint density at radius 1 is 1.12 bits per heavy atom. The lowest BCUT2D eigenvalue weighted by Gasteiger charge is -2.36. The summed E-state index contributed by atoms with van der Waals surface area (Å²) in [5, 5.41) is 45.6. The topological polar surface area (TPSA) is 198 Å². The second-order valence-corrected chi connectivity index (χ2v) is 10.7. The molecule has 1 fully saturated rings. The van der Waals surface area contributed by atoms with Crippen LogP contribution in [0.1, 0.15) is 68.8 Å². The normalized spacial score (nSPS) is 27.1. The average Bonchev–Trinajstić information content (AvgIpc) is 2.97. The number of nitrogens with one attached hydrogen (secondary N) is 1. The van der Waals surface area contributed by atoms with E-state index >= 15 is 0 Å². The van der Waals surface area contributed by atoms with Crippen molar-refractivity contribution in [1.29, 1.82) is 0 Å². The van der Waals surface area contributed by atoms with Crippen molar-refractivity contribution in [2.75, 3.05) is 26.9 Å². The third kappa shape index (κ3) is 5.00. The summed E-state index contributed by atoms with van der Waals surface area (Å²) in [5.74, 6) is -3.25. The van der Waals surface area contributed by atoms with Crippen molar-refractivity contribution in [3.8, 4) is 17.2 Å². The number of fused-ring (bicyclic) bond motifs is 3. The number of phenolic OH excluding ortho intramolecular Hbond substituents is 2. The predicted octanol–water partition coefficient (Wildman–Crippen LogP) is 0.476. The van der Waals surface area contributed by atoms with E-state index in [1.807, 2.05) is 0 Å². The van der Waals surface area contributed by atoms with Gasteiger partial charge in [0.2, 0.25) is 5.78 Å². The number of ether oxygens (including phenoxy) is 3. The van der Waals surface area contributed by atoms with Crippen LogP contribution in [0.2, 0.25) is 0 Å². The number of hydrogen-bond acceptors (Lipinski definition) is 12. The largest absolute Gasteiger partial charge is 0.507 e. The van der Waals surface area contributed by atoms with Gasteiger partial charge < -0.3 is 45.7 Å². The zero-order valence-electron chi connectivity index (χ0n) is 22.8. The van der Waals surface area contributed by atoms with Crippen LogP contribution in [0.3, 0.4) is 0 Å². The number of hydrogen-bond donors (Lipinski definition) is 6. The van der Waals surface area contributed by atoms with Crippen LogP contribution in [-0.4, -0.2) is 89.2 Å². The van der Waals surface area contributed by atoms with E-state index in [9.17, 15) is 34.8 Å². The van der Waals surface area contributed by atoms with Crippen LogP contribution in [-0.2, 0) is 20.7 Å². The molecule has 2 aliphatic carbocycles. The Morgan fingerprint density at radius 2 is 1.85 bits per heavy atom. The van der Waals surface area contributed by atoms with Crippen LogP contribution in [0, 0.1) is 5.92 Å². The molecule has 12 heteroatoms. The quantitative estimate of drug-likeness (QED) is 0.162. The fourth-order valence-electron chi connectivity index (χ4n) is 6.11. The van der Waals surface area contributed by atoms with Crippen molar-refractivity contribution in [1.82, 2.24) is 5.32 Å². The minimum atomic E-state index is -0.796. The molecule has 2 aromatic rings. The summed E-state index contributed by atoms with van der Waals surface area (Å²) < 4.78 is 16.7. The van der Waals surface area contributed by atoms with E-state index in [4.69, 9.17) is 19.9 Å². The van der Waals surface area contributed by atoms with E-state index < -0.39 is 72.0 Å². The van der Waals surface area contributed by atoms with Crippen LogP contribution in [0.4, 0.5) is 0 Å². The molecule has 1 aliphatic heterocycles. The number of aliphatic hydroxyl groups excluding tert-OH is 2. The molecule has 12 nitrogen and oxygen atoms in total. The lowest BCUT2D eigenvalue weighted by Crippen LogP contribution is -2.52. The van der Waals surface area contributed by atoms with Crippen molar-refractivity contribution in [3.05, 3.63) is 51.6 Å². The fraction of sp³-hybridized carbons (Fsp3) is 0.483. The number of aliphatic hydroxyl groups is 2. The number of ketones is 3. The Labute approximate surface area is 236 Å². The second-order valence-electron chi connectivity index (χ2n) is 10.7. The Hall–Kier alpha value is -3.39.